The van der Waals surface area contributed by atoms with Crippen molar-refractivity contribution < 1.29 is 4.79 Å². The van der Waals surface area contributed by atoms with Crippen molar-refractivity contribution in [1.82, 2.24) is 34.4 Å². The van der Waals surface area contributed by atoms with E-state index < -0.39 is 0 Å². The van der Waals surface area contributed by atoms with Crippen molar-refractivity contribution in [3.8, 4) is 0 Å². The number of nitrogens with zero attached hydrogens (tertiary/aromatic N) is 7. The van der Waals surface area contributed by atoms with Crippen molar-refractivity contribution >= 4 is 5.91 Å². The molecule has 0 N–H and O–H groups in total. The molecule has 5 rings (SSSR count). The van der Waals surface area contributed by atoms with Gasteiger partial charge in [-0.3, -0.25) is 4.79 Å². The van der Waals surface area contributed by atoms with Crippen molar-refractivity contribution in [1.29, 1.82) is 0 Å². The van der Waals surface area contributed by atoms with Crippen LogP contribution in [0.1, 0.15) is 65.6 Å². The van der Waals surface area contributed by atoms with Crippen molar-refractivity contribution in [2.75, 3.05) is 13.1 Å². The molecule has 8 heteroatoms. The standard InChI is InChI=1S/C22H27N7O/c30-22(18-9-7-17(8-10-18)13-28-16-23-15-24-28)27-11-4-5-19(14-27)21-26-25-20-6-2-1-3-12-29(20)21/h7-10,15-16,19H,1-6,11-14H2. The van der Waals surface area contributed by atoms with Crippen LogP contribution in [0.2, 0.25) is 0 Å². The molecule has 30 heavy (non-hydrogen) atoms. The van der Waals surface area contributed by atoms with Gasteiger partial charge in [0, 0.05) is 37.5 Å². The number of fused-ring (bicyclic) bond motifs is 1. The minimum atomic E-state index is 0.0996. The molecule has 156 valence electrons. The summed E-state index contributed by atoms with van der Waals surface area (Å²) in [4.78, 5) is 19.1. The summed E-state index contributed by atoms with van der Waals surface area (Å²) in [5.74, 6) is 2.57. The second-order valence-corrected chi connectivity index (χ2v) is 8.32. The fraction of sp³-hybridized carbons (Fsp3) is 0.500. The van der Waals surface area contributed by atoms with Crippen molar-refractivity contribution in [3.05, 3.63) is 59.7 Å². The van der Waals surface area contributed by atoms with E-state index in [4.69, 9.17) is 0 Å². The largest absolute Gasteiger partial charge is 0.338 e. The van der Waals surface area contributed by atoms with Crippen LogP contribution < -0.4 is 0 Å². The quantitative estimate of drug-likeness (QED) is 0.667. The molecule has 1 atom stereocenters. The first-order valence-electron chi connectivity index (χ1n) is 10.9. The van der Waals surface area contributed by atoms with Gasteiger partial charge in [-0.2, -0.15) is 5.10 Å². The zero-order chi connectivity index (χ0) is 20.3. The Morgan fingerprint density at radius 1 is 1.03 bits per heavy atom. The number of likely N-dealkylation sites (tertiary alicyclic amines) is 1. The molecular formula is C22H27N7O. The Morgan fingerprint density at radius 2 is 1.93 bits per heavy atom. The number of aromatic nitrogens is 6. The van der Waals surface area contributed by atoms with E-state index in [0.717, 1.165) is 61.7 Å². The van der Waals surface area contributed by atoms with Gasteiger partial charge in [-0.05, 0) is 43.4 Å². The highest BCUT2D eigenvalue weighted by Gasteiger charge is 2.29. The highest BCUT2D eigenvalue weighted by Crippen LogP contribution is 2.28. The van der Waals surface area contributed by atoms with Crippen LogP contribution in [0, 0.1) is 0 Å². The van der Waals surface area contributed by atoms with Crippen molar-refractivity contribution in [2.24, 2.45) is 0 Å². The number of carbonyl (C=O) groups is 1. The van der Waals surface area contributed by atoms with Crippen LogP contribution in [0.4, 0.5) is 0 Å². The minimum absolute atomic E-state index is 0.0996. The molecule has 0 saturated carbocycles. The number of hydrogen-bond donors (Lipinski definition) is 0. The summed E-state index contributed by atoms with van der Waals surface area (Å²) in [6.07, 6.45) is 9.95. The van der Waals surface area contributed by atoms with Crippen LogP contribution in [0.3, 0.4) is 0 Å². The third-order valence-corrected chi connectivity index (χ3v) is 6.22. The molecule has 1 amide bonds. The van der Waals surface area contributed by atoms with Crippen LogP contribution >= 0.6 is 0 Å². The third kappa shape index (κ3) is 3.86. The van der Waals surface area contributed by atoms with Gasteiger partial charge in [-0.25, -0.2) is 9.67 Å². The summed E-state index contributed by atoms with van der Waals surface area (Å²) in [5, 5.41) is 13.1. The highest BCUT2D eigenvalue weighted by atomic mass is 16.2. The van der Waals surface area contributed by atoms with E-state index >= 15 is 0 Å². The molecule has 2 aromatic heterocycles. The number of carbonyl (C=O) groups excluding carboxylic acids is 1. The highest BCUT2D eigenvalue weighted by molar-refractivity contribution is 5.94. The van der Waals surface area contributed by atoms with E-state index in [1.807, 2.05) is 29.2 Å². The number of amides is 1. The number of aryl methyl sites for hydroxylation is 1. The fourth-order valence-electron chi connectivity index (χ4n) is 4.62. The van der Waals surface area contributed by atoms with Gasteiger partial charge in [-0.1, -0.05) is 18.6 Å². The Hall–Kier alpha value is -3.03. The molecule has 3 aromatic rings. The number of rotatable bonds is 4. The van der Waals surface area contributed by atoms with Gasteiger partial charge in [0.2, 0.25) is 0 Å². The molecule has 0 aliphatic carbocycles. The van der Waals surface area contributed by atoms with Crippen molar-refractivity contribution in [2.45, 2.75) is 57.5 Å². The van der Waals surface area contributed by atoms with Gasteiger partial charge in [0.1, 0.15) is 24.3 Å². The molecular weight excluding hydrogens is 378 g/mol. The van der Waals surface area contributed by atoms with Gasteiger partial charge in [0.05, 0.1) is 6.54 Å². The minimum Gasteiger partial charge on any atom is -0.338 e. The summed E-state index contributed by atoms with van der Waals surface area (Å²) in [5.41, 5.74) is 1.83. The molecule has 2 aliphatic heterocycles. The number of benzene rings is 1. The average Bonchev–Trinajstić information content (AvgIpc) is 3.38. The van der Waals surface area contributed by atoms with E-state index in [-0.39, 0.29) is 11.8 Å². The van der Waals surface area contributed by atoms with Crippen LogP contribution in [0.15, 0.2) is 36.9 Å². The maximum atomic E-state index is 13.1. The summed E-state index contributed by atoms with van der Waals surface area (Å²) < 4.78 is 4.10. The zero-order valence-corrected chi connectivity index (χ0v) is 17.2. The molecule has 1 saturated heterocycles. The Morgan fingerprint density at radius 3 is 2.77 bits per heavy atom. The molecule has 0 spiro atoms. The van der Waals surface area contributed by atoms with E-state index in [1.165, 1.54) is 25.6 Å². The molecule has 0 bridgehead atoms. The van der Waals surface area contributed by atoms with Crippen LogP contribution in [0.5, 0.6) is 0 Å². The Bertz CT molecular complexity index is 993. The zero-order valence-electron chi connectivity index (χ0n) is 17.2. The molecule has 2 aliphatic rings. The normalized spacial score (nSPS) is 19.3. The van der Waals surface area contributed by atoms with Crippen LogP contribution in [0.25, 0.3) is 0 Å². The first-order valence-corrected chi connectivity index (χ1v) is 10.9. The summed E-state index contributed by atoms with van der Waals surface area (Å²) in [6.45, 7) is 3.18. The Labute approximate surface area is 175 Å². The number of piperidine rings is 1. The van der Waals surface area contributed by atoms with Crippen LogP contribution in [-0.2, 0) is 19.5 Å². The lowest BCUT2D eigenvalue weighted by atomic mass is 9.96. The van der Waals surface area contributed by atoms with Gasteiger partial charge in [0.25, 0.3) is 5.91 Å². The smallest absolute Gasteiger partial charge is 0.253 e. The number of hydrogen-bond acceptors (Lipinski definition) is 5. The maximum Gasteiger partial charge on any atom is 0.253 e. The van der Waals surface area contributed by atoms with E-state index in [1.54, 1.807) is 11.0 Å². The lowest BCUT2D eigenvalue weighted by molar-refractivity contribution is 0.0703. The first kappa shape index (κ1) is 19.0. The molecule has 1 unspecified atom stereocenters. The summed E-state index contributed by atoms with van der Waals surface area (Å²) in [6, 6.07) is 7.83. The average molecular weight is 406 g/mol. The van der Waals surface area contributed by atoms with Gasteiger partial charge in [0.15, 0.2) is 0 Å². The Balaban J connectivity index is 1.28. The third-order valence-electron chi connectivity index (χ3n) is 6.22. The lowest BCUT2D eigenvalue weighted by Gasteiger charge is -2.32. The first-order chi connectivity index (χ1) is 14.8. The van der Waals surface area contributed by atoms with Gasteiger partial charge in [-0.15, -0.1) is 10.2 Å². The van der Waals surface area contributed by atoms with Crippen LogP contribution in [-0.4, -0.2) is 53.4 Å². The predicted octanol–water partition coefficient (Wildman–Crippen LogP) is 2.66. The predicted molar refractivity (Wildman–Crippen MR) is 111 cm³/mol. The summed E-state index contributed by atoms with van der Waals surface area (Å²) >= 11 is 0. The van der Waals surface area contributed by atoms with E-state index in [9.17, 15) is 4.79 Å². The molecule has 1 fully saturated rings. The van der Waals surface area contributed by atoms with Gasteiger partial charge < -0.3 is 9.47 Å². The molecule has 8 nitrogen and oxygen atoms in total. The monoisotopic (exact) mass is 405 g/mol. The SMILES string of the molecule is O=C(c1ccc(Cn2cncn2)cc1)N1CCCC(c2nnc3n2CCCCC3)C1. The maximum absolute atomic E-state index is 13.1. The molecule has 4 heterocycles. The topological polar surface area (TPSA) is 81.7 Å². The van der Waals surface area contributed by atoms with Crippen molar-refractivity contribution in [3.63, 3.8) is 0 Å². The van der Waals surface area contributed by atoms with E-state index in [2.05, 4.69) is 24.8 Å². The van der Waals surface area contributed by atoms with E-state index in [0.29, 0.717) is 6.54 Å². The molecule has 1 aromatic carbocycles. The lowest BCUT2D eigenvalue weighted by Crippen LogP contribution is -2.39. The second-order valence-electron chi connectivity index (χ2n) is 8.32. The fourth-order valence-corrected chi connectivity index (χ4v) is 4.62. The van der Waals surface area contributed by atoms with Gasteiger partial charge >= 0.3 is 0 Å². The Kier molecular flexibility index (Phi) is 5.29. The molecule has 0 radical (unpaired) electrons. The summed E-state index contributed by atoms with van der Waals surface area (Å²) in [7, 11) is 0. The second kappa shape index (κ2) is 8.38.